The Hall–Kier alpha value is -1.00. The lowest BCUT2D eigenvalue weighted by Gasteiger charge is -2.35. The average Bonchev–Trinajstić information content (AvgIpc) is 2.63. The molecule has 0 spiro atoms. The Kier molecular flexibility index (Phi) is 11.1. The van der Waals surface area contributed by atoms with Crippen molar-refractivity contribution in [3.63, 3.8) is 0 Å². The van der Waals surface area contributed by atoms with Crippen molar-refractivity contribution in [3.8, 4) is 0 Å². The minimum absolute atomic E-state index is 0. The molecule has 1 aromatic rings. The molecule has 2 atom stereocenters. The molecule has 1 saturated heterocycles. The summed E-state index contributed by atoms with van der Waals surface area (Å²) in [4.78, 5) is 18.8. The molecule has 0 radical (unpaired) electrons. The van der Waals surface area contributed by atoms with E-state index in [4.69, 9.17) is 4.74 Å². The minimum atomic E-state index is 0. The predicted molar refractivity (Wildman–Crippen MR) is 124 cm³/mol. The van der Waals surface area contributed by atoms with Crippen molar-refractivity contribution < 1.29 is 9.53 Å². The second-order valence-corrected chi connectivity index (χ2v) is 7.50. The van der Waals surface area contributed by atoms with Crippen LogP contribution in [0.25, 0.3) is 0 Å². The number of benzene rings is 1. The number of amides is 1. The summed E-state index contributed by atoms with van der Waals surface area (Å²) < 4.78 is 5.70. The molecule has 2 unspecified atom stereocenters. The van der Waals surface area contributed by atoms with Gasteiger partial charge in [0.05, 0.1) is 12.2 Å². The first-order chi connectivity index (χ1) is 12.5. The molecule has 1 fully saturated rings. The van der Waals surface area contributed by atoms with Crippen LogP contribution in [0.3, 0.4) is 0 Å². The summed E-state index contributed by atoms with van der Waals surface area (Å²) >= 11 is 1.80. The Morgan fingerprint density at radius 3 is 2.41 bits per heavy atom. The molecule has 1 amide bonds. The summed E-state index contributed by atoms with van der Waals surface area (Å²) in [6.07, 6.45) is 2.24. The number of carbonyl (C=O) groups excluding carboxylic acids is 1. The van der Waals surface area contributed by atoms with E-state index in [0.717, 1.165) is 29.4 Å². The first kappa shape index (κ1) is 24.0. The molecule has 1 aliphatic rings. The van der Waals surface area contributed by atoms with Crippen LogP contribution >= 0.6 is 35.7 Å². The molecule has 6 nitrogen and oxygen atoms in total. The highest BCUT2D eigenvalue weighted by Crippen LogP contribution is 2.15. The van der Waals surface area contributed by atoms with E-state index in [1.165, 1.54) is 0 Å². The van der Waals surface area contributed by atoms with E-state index in [-0.39, 0.29) is 42.1 Å². The maximum Gasteiger partial charge on any atom is 0.254 e. The summed E-state index contributed by atoms with van der Waals surface area (Å²) in [5.41, 5.74) is 1.83. The average molecular weight is 506 g/mol. The monoisotopic (exact) mass is 506 g/mol. The highest BCUT2D eigenvalue weighted by atomic mass is 127. The van der Waals surface area contributed by atoms with E-state index in [9.17, 15) is 4.79 Å². The van der Waals surface area contributed by atoms with Gasteiger partial charge in [0.1, 0.15) is 0 Å². The summed E-state index contributed by atoms with van der Waals surface area (Å²) in [6.45, 7) is 6.84. The van der Waals surface area contributed by atoms with Gasteiger partial charge in [-0.05, 0) is 37.8 Å². The molecule has 1 heterocycles. The second kappa shape index (κ2) is 12.5. The summed E-state index contributed by atoms with van der Waals surface area (Å²) in [5.74, 6) is 1.90. The second-order valence-electron chi connectivity index (χ2n) is 6.51. The zero-order chi connectivity index (χ0) is 18.9. The maximum atomic E-state index is 12.7. The van der Waals surface area contributed by atoms with E-state index in [2.05, 4.69) is 21.9 Å². The quantitative estimate of drug-likeness (QED) is 0.269. The van der Waals surface area contributed by atoms with E-state index in [1.54, 1.807) is 18.8 Å². The Labute approximate surface area is 183 Å². The first-order valence-electron chi connectivity index (χ1n) is 9.00. The van der Waals surface area contributed by atoms with E-state index in [1.807, 2.05) is 43.0 Å². The summed E-state index contributed by atoms with van der Waals surface area (Å²) in [7, 11) is 1.76. The Morgan fingerprint density at radius 2 is 1.85 bits per heavy atom. The van der Waals surface area contributed by atoms with Gasteiger partial charge in [0.25, 0.3) is 5.91 Å². The molecule has 1 aromatic carbocycles. The molecule has 2 rings (SSSR count). The SMILES string of the molecule is CN=C(NCCSC)NCc1ccc(C(=O)N2CC(C)OC(C)C2)cc1.I. The van der Waals surface area contributed by atoms with E-state index < -0.39 is 0 Å². The molecular weight excluding hydrogens is 475 g/mol. The van der Waals surface area contributed by atoms with Crippen LogP contribution in [0.4, 0.5) is 0 Å². The van der Waals surface area contributed by atoms with Gasteiger partial charge in [-0.1, -0.05) is 12.1 Å². The van der Waals surface area contributed by atoms with Gasteiger partial charge in [-0.25, -0.2) is 0 Å². The van der Waals surface area contributed by atoms with Gasteiger partial charge < -0.3 is 20.3 Å². The number of halogens is 1. The number of carbonyl (C=O) groups is 1. The van der Waals surface area contributed by atoms with Gasteiger partial charge in [0, 0.05) is 44.5 Å². The van der Waals surface area contributed by atoms with Gasteiger partial charge >= 0.3 is 0 Å². The molecule has 0 aliphatic carbocycles. The number of guanidine groups is 1. The van der Waals surface area contributed by atoms with Crippen LogP contribution in [0, 0.1) is 0 Å². The number of rotatable bonds is 6. The number of hydrogen-bond donors (Lipinski definition) is 2. The number of hydrogen-bond acceptors (Lipinski definition) is 4. The zero-order valence-corrected chi connectivity index (χ0v) is 19.7. The summed E-state index contributed by atoms with van der Waals surface area (Å²) in [6, 6.07) is 7.77. The first-order valence-corrected chi connectivity index (χ1v) is 10.4. The van der Waals surface area contributed by atoms with Crippen molar-refractivity contribution in [1.29, 1.82) is 0 Å². The fourth-order valence-electron chi connectivity index (χ4n) is 2.97. The van der Waals surface area contributed by atoms with Gasteiger partial charge in [-0.2, -0.15) is 11.8 Å². The smallest absolute Gasteiger partial charge is 0.254 e. The number of nitrogens with zero attached hydrogens (tertiary/aromatic N) is 2. The number of ether oxygens (including phenoxy) is 1. The van der Waals surface area contributed by atoms with Crippen LogP contribution in [0.5, 0.6) is 0 Å². The topological polar surface area (TPSA) is 66.0 Å². The molecular formula is C19H31IN4O2S. The van der Waals surface area contributed by atoms with Crippen LogP contribution in [-0.4, -0.2) is 67.7 Å². The van der Waals surface area contributed by atoms with Crippen LogP contribution in [0.1, 0.15) is 29.8 Å². The third kappa shape index (κ3) is 7.87. The lowest BCUT2D eigenvalue weighted by Crippen LogP contribution is -2.48. The Bertz CT molecular complexity index is 602. The van der Waals surface area contributed by atoms with E-state index in [0.29, 0.717) is 19.6 Å². The Balaban J connectivity index is 0.00000364. The van der Waals surface area contributed by atoms with Crippen molar-refractivity contribution in [1.82, 2.24) is 15.5 Å². The zero-order valence-electron chi connectivity index (χ0n) is 16.5. The highest BCUT2D eigenvalue weighted by Gasteiger charge is 2.26. The molecule has 2 N–H and O–H groups in total. The molecule has 0 aromatic heterocycles. The van der Waals surface area contributed by atoms with Crippen LogP contribution in [-0.2, 0) is 11.3 Å². The number of nitrogens with one attached hydrogen (secondary N) is 2. The number of aliphatic imine (C=N–C) groups is 1. The normalized spacial score (nSPS) is 20.0. The lowest BCUT2D eigenvalue weighted by molar-refractivity contribution is -0.0586. The van der Waals surface area contributed by atoms with Crippen molar-refractivity contribution in [2.24, 2.45) is 4.99 Å². The maximum absolute atomic E-state index is 12.7. The van der Waals surface area contributed by atoms with E-state index >= 15 is 0 Å². The van der Waals surface area contributed by atoms with Gasteiger partial charge in [-0.15, -0.1) is 24.0 Å². The van der Waals surface area contributed by atoms with Crippen LogP contribution < -0.4 is 10.6 Å². The molecule has 1 aliphatic heterocycles. The molecule has 0 bridgehead atoms. The summed E-state index contributed by atoms with van der Waals surface area (Å²) in [5, 5.41) is 6.55. The van der Waals surface area contributed by atoms with Crippen molar-refractivity contribution >= 4 is 47.6 Å². The molecule has 0 saturated carbocycles. The lowest BCUT2D eigenvalue weighted by atomic mass is 10.1. The standard InChI is InChI=1S/C19H30N4O2S.HI/c1-14-12-23(13-15(2)25-14)18(24)17-7-5-16(6-8-17)11-22-19(20-3)21-9-10-26-4;/h5-8,14-15H,9-13H2,1-4H3,(H2,20,21,22);1H. The van der Waals surface area contributed by atoms with Crippen molar-refractivity contribution in [2.75, 3.05) is 38.7 Å². The van der Waals surface area contributed by atoms with Gasteiger partial charge in [0.15, 0.2) is 5.96 Å². The Morgan fingerprint density at radius 1 is 1.22 bits per heavy atom. The molecule has 152 valence electrons. The van der Waals surface area contributed by atoms with Gasteiger partial charge in [-0.3, -0.25) is 9.79 Å². The van der Waals surface area contributed by atoms with Crippen LogP contribution in [0.15, 0.2) is 29.3 Å². The van der Waals surface area contributed by atoms with Crippen molar-refractivity contribution in [2.45, 2.75) is 32.6 Å². The largest absolute Gasteiger partial charge is 0.372 e. The third-order valence-corrected chi connectivity index (χ3v) is 4.80. The van der Waals surface area contributed by atoms with Crippen molar-refractivity contribution in [3.05, 3.63) is 35.4 Å². The third-order valence-electron chi connectivity index (χ3n) is 4.19. The molecule has 8 heteroatoms. The predicted octanol–water partition coefficient (Wildman–Crippen LogP) is 2.58. The molecule has 27 heavy (non-hydrogen) atoms. The number of thioether (sulfide) groups is 1. The fourth-order valence-corrected chi connectivity index (χ4v) is 3.28. The fraction of sp³-hybridized carbons (Fsp3) is 0.579. The minimum Gasteiger partial charge on any atom is -0.372 e. The number of morpholine rings is 1. The highest BCUT2D eigenvalue weighted by molar-refractivity contribution is 14.0. The van der Waals surface area contributed by atoms with Crippen LogP contribution in [0.2, 0.25) is 0 Å². The van der Waals surface area contributed by atoms with Gasteiger partial charge in [0.2, 0.25) is 0 Å².